The molecule has 0 radical (unpaired) electrons. The number of carboxylic acid groups (broad SMARTS) is 1. The van der Waals surface area contributed by atoms with Crippen molar-refractivity contribution < 1.29 is 24.2 Å². The summed E-state index contributed by atoms with van der Waals surface area (Å²) in [4.78, 5) is 33.8. The van der Waals surface area contributed by atoms with Gasteiger partial charge in [-0.3, -0.25) is 9.59 Å². The van der Waals surface area contributed by atoms with Gasteiger partial charge in [0.2, 0.25) is 0 Å². The van der Waals surface area contributed by atoms with E-state index in [2.05, 4.69) is 5.32 Å². The first-order valence-electron chi connectivity index (χ1n) is 6.13. The lowest BCUT2D eigenvalue weighted by Crippen LogP contribution is -2.40. The van der Waals surface area contributed by atoms with Gasteiger partial charge in [0.1, 0.15) is 11.8 Å². The average Bonchev–Trinajstić information content (AvgIpc) is 2.42. The highest BCUT2D eigenvalue weighted by Gasteiger charge is 2.20. The molecule has 2 N–H and O–H groups in total. The summed E-state index contributed by atoms with van der Waals surface area (Å²) in [6.45, 7) is 1.23. The molecule has 1 rings (SSSR count). The van der Waals surface area contributed by atoms with E-state index in [1.54, 1.807) is 0 Å². The van der Waals surface area contributed by atoms with Gasteiger partial charge in [-0.2, -0.15) is 5.26 Å². The van der Waals surface area contributed by atoms with E-state index in [1.807, 2.05) is 6.07 Å². The topological polar surface area (TPSA) is 116 Å². The van der Waals surface area contributed by atoms with E-state index >= 15 is 0 Å². The maximum Gasteiger partial charge on any atom is 0.326 e. The van der Waals surface area contributed by atoms with Crippen LogP contribution < -0.4 is 10.1 Å². The number of ether oxygens (including phenoxy) is 1. The molecule has 0 unspecified atom stereocenters. The van der Waals surface area contributed by atoms with Gasteiger partial charge in [-0.05, 0) is 24.6 Å². The number of nitrogens with zero attached hydrogens (tertiary/aromatic N) is 1. The number of aliphatic carboxylic acids is 1. The highest BCUT2D eigenvalue weighted by atomic mass is 16.5. The smallest absolute Gasteiger partial charge is 0.326 e. The summed E-state index contributed by atoms with van der Waals surface area (Å²) >= 11 is 0. The summed E-state index contributed by atoms with van der Waals surface area (Å²) in [7, 11) is 0. The Morgan fingerprint density at radius 2 is 2.14 bits per heavy atom. The summed E-state index contributed by atoms with van der Waals surface area (Å²) in [5, 5.41) is 19.8. The minimum atomic E-state index is -1.21. The Morgan fingerprint density at radius 1 is 1.43 bits per heavy atom. The van der Waals surface area contributed by atoms with Gasteiger partial charge in [0.25, 0.3) is 5.91 Å². The second-order valence-corrected chi connectivity index (χ2v) is 4.18. The molecule has 0 heterocycles. The lowest BCUT2D eigenvalue weighted by molar-refractivity contribution is -0.139. The fraction of sp³-hybridized carbons (Fsp3) is 0.286. The lowest BCUT2D eigenvalue weighted by Gasteiger charge is -2.13. The van der Waals surface area contributed by atoms with Crippen LogP contribution in [0, 0.1) is 11.3 Å². The molecule has 0 aliphatic heterocycles. The summed E-state index contributed by atoms with van der Waals surface area (Å²) in [5.41, 5.74) is 0.164. The van der Waals surface area contributed by atoms with E-state index in [0.29, 0.717) is 0 Å². The molecular formula is C14H14N2O5. The Hall–Kier alpha value is -2.88. The molecule has 1 atom stereocenters. The van der Waals surface area contributed by atoms with Crippen LogP contribution in [0.5, 0.6) is 5.75 Å². The Bertz CT molecular complexity index is 591. The van der Waals surface area contributed by atoms with Gasteiger partial charge in [-0.15, -0.1) is 0 Å². The highest BCUT2D eigenvalue weighted by Crippen LogP contribution is 2.14. The normalized spacial score (nSPS) is 11.0. The second kappa shape index (κ2) is 7.65. The molecule has 1 aromatic carbocycles. The van der Waals surface area contributed by atoms with Crippen LogP contribution in [0.4, 0.5) is 0 Å². The molecule has 7 heteroatoms. The molecule has 7 nitrogen and oxygen atoms in total. The van der Waals surface area contributed by atoms with Gasteiger partial charge in [0.05, 0.1) is 6.07 Å². The molecule has 110 valence electrons. The highest BCUT2D eigenvalue weighted by molar-refractivity contribution is 5.97. The van der Waals surface area contributed by atoms with Crippen molar-refractivity contribution in [1.29, 1.82) is 5.26 Å². The van der Waals surface area contributed by atoms with E-state index in [4.69, 9.17) is 15.1 Å². The molecule has 0 spiro atoms. The maximum absolute atomic E-state index is 12.0. The van der Waals surface area contributed by atoms with Gasteiger partial charge >= 0.3 is 11.9 Å². The number of nitriles is 1. The molecular weight excluding hydrogens is 276 g/mol. The Balaban J connectivity index is 2.80. The molecule has 0 aromatic heterocycles. The predicted octanol–water partition coefficient (Wildman–Crippen LogP) is 1.10. The van der Waals surface area contributed by atoms with Crippen LogP contribution in [-0.2, 0) is 9.59 Å². The largest absolute Gasteiger partial charge is 0.480 e. The van der Waals surface area contributed by atoms with Crippen molar-refractivity contribution in [3.05, 3.63) is 29.8 Å². The van der Waals surface area contributed by atoms with Gasteiger partial charge < -0.3 is 15.2 Å². The van der Waals surface area contributed by atoms with Crippen LogP contribution in [0.1, 0.15) is 30.1 Å². The number of carboxylic acids is 1. The fourth-order valence-electron chi connectivity index (χ4n) is 1.57. The summed E-state index contributed by atoms with van der Waals surface area (Å²) in [5.74, 6) is -2.16. The van der Waals surface area contributed by atoms with E-state index in [1.165, 1.54) is 31.2 Å². The number of benzene rings is 1. The molecule has 0 fully saturated rings. The number of esters is 1. The number of rotatable bonds is 6. The Kier molecular flexibility index (Phi) is 5.89. The number of hydrogen-bond acceptors (Lipinski definition) is 5. The van der Waals surface area contributed by atoms with Gasteiger partial charge in [0.15, 0.2) is 0 Å². The third-order valence-electron chi connectivity index (χ3n) is 2.51. The summed E-state index contributed by atoms with van der Waals surface area (Å²) in [6.07, 6.45) is 0.0337. The molecule has 0 saturated carbocycles. The first-order valence-corrected chi connectivity index (χ1v) is 6.13. The quantitative estimate of drug-likeness (QED) is 0.598. The molecule has 0 aliphatic carbocycles. The predicted molar refractivity (Wildman–Crippen MR) is 71.5 cm³/mol. The fourth-order valence-corrected chi connectivity index (χ4v) is 1.57. The average molecular weight is 290 g/mol. The van der Waals surface area contributed by atoms with Crippen LogP contribution >= 0.6 is 0 Å². The van der Waals surface area contributed by atoms with Gasteiger partial charge in [0, 0.05) is 18.9 Å². The Morgan fingerprint density at radius 3 is 2.71 bits per heavy atom. The zero-order valence-corrected chi connectivity index (χ0v) is 11.3. The van der Waals surface area contributed by atoms with Crippen LogP contribution in [0.3, 0.4) is 0 Å². The number of hydrogen-bond donors (Lipinski definition) is 2. The van der Waals surface area contributed by atoms with Crippen LogP contribution in [-0.4, -0.2) is 29.0 Å². The molecule has 0 saturated heterocycles. The number of carbonyl (C=O) groups is 3. The van der Waals surface area contributed by atoms with E-state index in [9.17, 15) is 14.4 Å². The van der Waals surface area contributed by atoms with E-state index in [0.717, 1.165) is 0 Å². The minimum absolute atomic E-state index is 0.0151. The van der Waals surface area contributed by atoms with Crippen molar-refractivity contribution in [2.45, 2.75) is 25.8 Å². The van der Waals surface area contributed by atoms with Crippen molar-refractivity contribution in [2.24, 2.45) is 0 Å². The van der Waals surface area contributed by atoms with Gasteiger partial charge in [-0.25, -0.2) is 4.79 Å². The molecule has 1 amide bonds. The first kappa shape index (κ1) is 16.2. The number of carbonyl (C=O) groups excluding carboxylic acids is 2. The van der Waals surface area contributed by atoms with Crippen molar-refractivity contribution in [2.75, 3.05) is 0 Å². The Labute approximate surface area is 121 Å². The molecule has 0 aliphatic rings. The van der Waals surface area contributed by atoms with Crippen LogP contribution in [0.25, 0.3) is 0 Å². The summed E-state index contributed by atoms with van der Waals surface area (Å²) < 4.78 is 4.84. The number of nitrogens with one attached hydrogen (secondary N) is 1. The molecule has 1 aromatic rings. The third-order valence-corrected chi connectivity index (χ3v) is 2.51. The monoisotopic (exact) mass is 290 g/mol. The van der Waals surface area contributed by atoms with Crippen molar-refractivity contribution >= 4 is 17.8 Å². The van der Waals surface area contributed by atoms with E-state index < -0.39 is 23.9 Å². The zero-order chi connectivity index (χ0) is 15.8. The van der Waals surface area contributed by atoms with Crippen molar-refractivity contribution in [3.8, 4) is 11.8 Å². The van der Waals surface area contributed by atoms with Crippen LogP contribution in [0.15, 0.2) is 24.3 Å². The third kappa shape index (κ3) is 5.32. The minimum Gasteiger partial charge on any atom is -0.480 e. The maximum atomic E-state index is 12.0. The molecule has 21 heavy (non-hydrogen) atoms. The zero-order valence-electron chi connectivity index (χ0n) is 11.3. The molecule has 0 bridgehead atoms. The lowest BCUT2D eigenvalue weighted by atomic mass is 10.1. The SMILES string of the molecule is CC(=O)Oc1cccc(C(=O)N[C@@H](CCC#N)C(=O)O)c1. The summed E-state index contributed by atoms with van der Waals surface area (Å²) in [6, 6.07) is 6.49. The van der Waals surface area contributed by atoms with Gasteiger partial charge in [-0.1, -0.05) is 6.07 Å². The second-order valence-electron chi connectivity index (χ2n) is 4.18. The first-order chi connectivity index (χ1) is 9.93. The number of amides is 1. The van der Waals surface area contributed by atoms with Crippen molar-refractivity contribution in [3.63, 3.8) is 0 Å². The standard InChI is InChI=1S/C14H14N2O5/c1-9(17)21-11-5-2-4-10(8-11)13(18)16-12(14(19)20)6-3-7-15/h2,4-5,8,12H,3,6H2,1H3,(H,16,18)(H,19,20)/t12-/m0/s1. The van der Waals surface area contributed by atoms with Crippen molar-refractivity contribution in [1.82, 2.24) is 5.32 Å². The van der Waals surface area contributed by atoms with Crippen LogP contribution in [0.2, 0.25) is 0 Å². The van der Waals surface area contributed by atoms with E-state index in [-0.39, 0.29) is 24.2 Å².